The van der Waals surface area contributed by atoms with Crippen LogP contribution in [0.4, 0.5) is 0 Å². The molecule has 0 aliphatic carbocycles. The number of nitrogens with zero attached hydrogens (tertiary/aromatic N) is 2. The van der Waals surface area contributed by atoms with Gasteiger partial charge in [-0.2, -0.15) is 5.10 Å². The number of hydrogen-bond donors (Lipinski definition) is 1. The molecule has 0 aliphatic heterocycles. The number of nitrogens with one attached hydrogen (secondary N) is 1. The number of unbranched alkanes of at least 4 members (excludes halogenated alkanes) is 2. The second-order valence-corrected chi connectivity index (χ2v) is 4.42. The molecule has 1 N–H and O–H groups in total. The van der Waals surface area contributed by atoms with Gasteiger partial charge in [-0.05, 0) is 26.3 Å². The van der Waals surface area contributed by atoms with Gasteiger partial charge in [0.1, 0.15) is 0 Å². The fourth-order valence-electron chi connectivity index (χ4n) is 1.42. The van der Waals surface area contributed by atoms with Gasteiger partial charge in [0.05, 0.1) is 6.20 Å². The summed E-state index contributed by atoms with van der Waals surface area (Å²) in [6.07, 6.45) is 7.87. The minimum absolute atomic E-state index is 0.939. The minimum Gasteiger partial charge on any atom is -0.313 e. The van der Waals surface area contributed by atoms with Crippen LogP contribution in [0.3, 0.4) is 0 Å². The molecule has 0 fully saturated rings. The third-order valence-corrected chi connectivity index (χ3v) is 2.89. The minimum atomic E-state index is 0.939. The lowest BCUT2D eigenvalue weighted by atomic mass is 10.2. The van der Waals surface area contributed by atoms with Gasteiger partial charge >= 0.3 is 0 Å². The predicted octanol–water partition coefficient (Wildman–Crippen LogP) is 2.56. The predicted molar refractivity (Wildman–Crippen MR) is 67.3 cm³/mol. The zero-order chi connectivity index (χ0) is 10.9. The van der Waals surface area contributed by atoms with Gasteiger partial charge < -0.3 is 5.32 Å². The average Bonchev–Trinajstić information content (AvgIpc) is 2.71. The SMILES string of the molecule is CCn1cc(CNCCCCCBr)cn1. The number of aromatic nitrogens is 2. The van der Waals surface area contributed by atoms with Crippen molar-refractivity contribution in [2.45, 2.75) is 39.3 Å². The van der Waals surface area contributed by atoms with Crippen LogP contribution in [0.15, 0.2) is 12.4 Å². The first kappa shape index (κ1) is 12.7. The van der Waals surface area contributed by atoms with Crippen LogP contribution in [0, 0.1) is 0 Å². The Morgan fingerprint density at radius 3 is 2.93 bits per heavy atom. The molecule has 1 aromatic heterocycles. The molecule has 86 valence electrons. The van der Waals surface area contributed by atoms with Crippen molar-refractivity contribution < 1.29 is 0 Å². The summed E-state index contributed by atoms with van der Waals surface area (Å²) in [6, 6.07) is 0. The van der Waals surface area contributed by atoms with Gasteiger partial charge in [-0.25, -0.2) is 0 Å². The molecule has 0 aliphatic rings. The molecule has 0 saturated carbocycles. The van der Waals surface area contributed by atoms with Crippen molar-refractivity contribution in [1.29, 1.82) is 0 Å². The third-order valence-electron chi connectivity index (χ3n) is 2.33. The Morgan fingerprint density at radius 1 is 1.40 bits per heavy atom. The van der Waals surface area contributed by atoms with E-state index in [0.29, 0.717) is 0 Å². The van der Waals surface area contributed by atoms with Gasteiger partial charge in [-0.3, -0.25) is 4.68 Å². The number of aryl methyl sites for hydroxylation is 1. The maximum atomic E-state index is 4.23. The van der Waals surface area contributed by atoms with Crippen molar-refractivity contribution >= 4 is 15.9 Å². The Kier molecular flexibility index (Phi) is 6.68. The first-order valence-corrected chi connectivity index (χ1v) is 6.77. The lowest BCUT2D eigenvalue weighted by Gasteiger charge is -2.01. The van der Waals surface area contributed by atoms with Crippen LogP contribution in [0.5, 0.6) is 0 Å². The fraction of sp³-hybridized carbons (Fsp3) is 0.727. The Bertz CT molecular complexity index is 260. The second-order valence-electron chi connectivity index (χ2n) is 3.63. The van der Waals surface area contributed by atoms with E-state index >= 15 is 0 Å². The molecule has 1 aromatic rings. The maximum Gasteiger partial charge on any atom is 0.0534 e. The molecular weight excluding hydrogens is 254 g/mol. The topological polar surface area (TPSA) is 29.9 Å². The van der Waals surface area contributed by atoms with E-state index in [4.69, 9.17) is 0 Å². The first-order chi connectivity index (χ1) is 7.36. The molecule has 1 heterocycles. The van der Waals surface area contributed by atoms with Gasteiger partial charge in [0.2, 0.25) is 0 Å². The van der Waals surface area contributed by atoms with Crippen LogP contribution in [-0.2, 0) is 13.1 Å². The normalized spacial score (nSPS) is 10.8. The maximum absolute atomic E-state index is 4.23. The molecule has 0 spiro atoms. The molecule has 0 saturated heterocycles. The summed E-state index contributed by atoms with van der Waals surface area (Å²) < 4.78 is 1.96. The molecular formula is C11H20BrN3. The van der Waals surface area contributed by atoms with Gasteiger partial charge in [0, 0.05) is 30.2 Å². The Hall–Kier alpha value is -0.350. The summed E-state index contributed by atoms with van der Waals surface area (Å²) in [5.74, 6) is 0. The van der Waals surface area contributed by atoms with Crippen molar-refractivity contribution in [3.05, 3.63) is 18.0 Å². The van der Waals surface area contributed by atoms with Crippen molar-refractivity contribution in [3.63, 3.8) is 0 Å². The summed E-state index contributed by atoms with van der Waals surface area (Å²) in [6.45, 7) is 5.09. The highest BCUT2D eigenvalue weighted by molar-refractivity contribution is 9.09. The molecule has 1 rings (SSSR count). The Morgan fingerprint density at radius 2 is 2.27 bits per heavy atom. The van der Waals surface area contributed by atoms with E-state index in [2.05, 4.69) is 39.5 Å². The fourth-order valence-corrected chi connectivity index (χ4v) is 1.82. The zero-order valence-electron chi connectivity index (χ0n) is 9.38. The largest absolute Gasteiger partial charge is 0.313 e. The highest BCUT2D eigenvalue weighted by atomic mass is 79.9. The lowest BCUT2D eigenvalue weighted by Crippen LogP contribution is -2.14. The molecule has 4 heteroatoms. The summed E-state index contributed by atoms with van der Waals surface area (Å²) in [5, 5.41) is 8.78. The van der Waals surface area contributed by atoms with Crippen LogP contribution in [0.25, 0.3) is 0 Å². The third kappa shape index (κ3) is 5.33. The molecule has 0 amide bonds. The zero-order valence-corrected chi connectivity index (χ0v) is 11.0. The monoisotopic (exact) mass is 273 g/mol. The molecule has 0 aromatic carbocycles. The number of rotatable bonds is 8. The Balaban J connectivity index is 2.04. The van der Waals surface area contributed by atoms with E-state index in [0.717, 1.165) is 25.0 Å². The standard InChI is InChI=1S/C11H20BrN3/c1-2-15-10-11(9-14-15)8-13-7-5-3-4-6-12/h9-10,13H,2-8H2,1H3. The van der Waals surface area contributed by atoms with Gasteiger partial charge in [0.25, 0.3) is 0 Å². The highest BCUT2D eigenvalue weighted by Gasteiger charge is 1.96. The lowest BCUT2D eigenvalue weighted by molar-refractivity contribution is 0.617. The highest BCUT2D eigenvalue weighted by Crippen LogP contribution is 1.99. The number of alkyl halides is 1. The smallest absolute Gasteiger partial charge is 0.0534 e. The second kappa shape index (κ2) is 7.88. The average molecular weight is 274 g/mol. The van der Waals surface area contributed by atoms with Crippen molar-refractivity contribution in [2.75, 3.05) is 11.9 Å². The van der Waals surface area contributed by atoms with Crippen LogP contribution in [0.1, 0.15) is 31.7 Å². The van der Waals surface area contributed by atoms with Crippen LogP contribution >= 0.6 is 15.9 Å². The van der Waals surface area contributed by atoms with E-state index < -0.39 is 0 Å². The van der Waals surface area contributed by atoms with E-state index in [9.17, 15) is 0 Å². The quantitative estimate of drug-likeness (QED) is 0.583. The molecule has 15 heavy (non-hydrogen) atoms. The van der Waals surface area contributed by atoms with Crippen LogP contribution in [0.2, 0.25) is 0 Å². The summed E-state index contributed by atoms with van der Waals surface area (Å²) in [4.78, 5) is 0. The molecule has 0 radical (unpaired) electrons. The molecule has 0 atom stereocenters. The number of hydrogen-bond acceptors (Lipinski definition) is 2. The van der Waals surface area contributed by atoms with E-state index in [1.807, 2.05) is 10.9 Å². The van der Waals surface area contributed by atoms with E-state index in [1.165, 1.54) is 24.8 Å². The van der Waals surface area contributed by atoms with Gasteiger partial charge in [-0.15, -0.1) is 0 Å². The van der Waals surface area contributed by atoms with E-state index in [-0.39, 0.29) is 0 Å². The number of halogens is 1. The van der Waals surface area contributed by atoms with Crippen molar-refractivity contribution in [2.24, 2.45) is 0 Å². The summed E-state index contributed by atoms with van der Waals surface area (Å²) in [5.41, 5.74) is 1.28. The molecule has 0 bridgehead atoms. The van der Waals surface area contributed by atoms with E-state index in [1.54, 1.807) is 0 Å². The summed E-state index contributed by atoms with van der Waals surface area (Å²) >= 11 is 3.43. The van der Waals surface area contributed by atoms with Crippen LogP contribution < -0.4 is 5.32 Å². The summed E-state index contributed by atoms with van der Waals surface area (Å²) in [7, 11) is 0. The van der Waals surface area contributed by atoms with Crippen LogP contribution in [-0.4, -0.2) is 21.7 Å². The first-order valence-electron chi connectivity index (χ1n) is 5.65. The van der Waals surface area contributed by atoms with Gasteiger partial charge in [0.15, 0.2) is 0 Å². The molecule has 0 unspecified atom stereocenters. The molecule has 3 nitrogen and oxygen atoms in total. The Labute approximate surface area is 100 Å². The van der Waals surface area contributed by atoms with Crippen molar-refractivity contribution in [3.8, 4) is 0 Å². The van der Waals surface area contributed by atoms with Gasteiger partial charge in [-0.1, -0.05) is 22.4 Å². The van der Waals surface area contributed by atoms with Crippen molar-refractivity contribution in [1.82, 2.24) is 15.1 Å².